The van der Waals surface area contributed by atoms with Crippen molar-refractivity contribution in [2.75, 3.05) is 32.1 Å². The van der Waals surface area contributed by atoms with Gasteiger partial charge in [-0.3, -0.25) is 4.79 Å². The Kier molecular flexibility index (Phi) is 7.29. The number of carbonyl (C=O) groups excluding carboxylic acids is 1. The molecule has 0 heterocycles. The van der Waals surface area contributed by atoms with Crippen molar-refractivity contribution in [3.8, 4) is 5.75 Å². The molecule has 0 spiro atoms. The Balaban J connectivity index is 1.96. The Morgan fingerprint density at radius 3 is 2.68 bits per heavy atom. The Morgan fingerprint density at radius 2 is 1.96 bits per heavy atom. The third-order valence-electron chi connectivity index (χ3n) is 3.90. The zero-order chi connectivity index (χ0) is 18.1. The molecule has 0 aromatic heterocycles. The number of carbonyl (C=O) groups is 1. The average molecular weight is 341 g/mol. The first-order valence-electron chi connectivity index (χ1n) is 8.64. The molecular weight excluding hydrogens is 314 g/mol. The predicted molar refractivity (Wildman–Crippen MR) is 103 cm³/mol. The number of benzene rings is 2. The number of nitrogens with one attached hydrogen (secondary N) is 3. The van der Waals surface area contributed by atoms with E-state index in [2.05, 4.69) is 22.9 Å². The van der Waals surface area contributed by atoms with Gasteiger partial charge in [0.1, 0.15) is 5.75 Å². The summed E-state index contributed by atoms with van der Waals surface area (Å²) < 4.78 is 5.24. The zero-order valence-electron chi connectivity index (χ0n) is 15.2. The van der Waals surface area contributed by atoms with Crippen LogP contribution in [0.15, 0.2) is 42.5 Å². The van der Waals surface area contributed by atoms with Crippen LogP contribution in [0, 0.1) is 6.92 Å². The van der Waals surface area contributed by atoms with Crippen LogP contribution in [0.4, 0.5) is 11.4 Å². The second-order valence-corrected chi connectivity index (χ2v) is 5.85. The minimum Gasteiger partial charge on any atom is -0.497 e. The lowest BCUT2D eigenvalue weighted by molar-refractivity contribution is 0.0953. The van der Waals surface area contributed by atoms with Crippen molar-refractivity contribution < 1.29 is 9.53 Å². The quantitative estimate of drug-likeness (QED) is 0.611. The predicted octanol–water partition coefficient (Wildman–Crippen LogP) is 3.48. The molecule has 0 saturated heterocycles. The van der Waals surface area contributed by atoms with Crippen LogP contribution in [-0.4, -0.2) is 32.7 Å². The minimum absolute atomic E-state index is 0.0347. The van der Waals surface area contributed by atoms with E-state index in [0.29, 0.717) is 12.1 Å². The van der Waals surface area contributed by atoms with Gasteiger partial charge in [-0.25, -0.2) is 0 Å². The van der Waals surface area contributed by atoms with Crippen molar-refractivity contribution in [3.05, 3.63) is 53.6 Å². The fourth-order valence-electron chi connectivity index (χ4n) is 2.50. The maximum Gasteiger partial charge on any atom is 0.251 e. The Morgan fingerprint density at radius 1 is 1.12 bits per heavy atom. The monoisotopic (exact) mass is 341 g/mol. The van der Waals surface area contributed by atoms with Gasteiger partial charge in [0.25, 0.3) is 5.91 Å². The summed E-state index contributed by atoms with van der Waals surface area (Å²) >= 11 is 0. The van der Waals surface area contributed by atoms with E-state index in [4.69, 9.17) is 4.74 Å². The fraction of sp³-hybridized carbons (Fsp3) is 0.350. The van der Waals surface area contributed by atoms with Crippen LogP contribution in [0.3, 0.4) is 0 Å². The van der Waals surface area contributed by atoms with Crippen molar-refractivity contribution in [3.63, 3.8) is 0 Å². The van der Waals surface area contributed by atoms with Gasteiger partial charge in [-0.1, -0.05) is 13.0 Å². The molecule has 2 aromatic rings. The Bertz CT molecular complexity index is 701. The highest BCUT2D eigenvalue weighted by molar-refractivity contribution is 5.95. The smallest absolute Gasteiger partial charge is 0.251 e. The number of ether oxygens (including phenoxy) is 1. The van der Waals surface area contributed by atoms with Crippen molar-refractivity contribution in [1.82, 2.24) is 10.6 Å². The SMILES string of the molecule is CCNCCCNC(=O)c1ccc(Nc2cccc(OC)c2)c(C)c1. The average Bonchev–Trinajstić information content (AvgIpc) is 2.63. The number of hydrogen-bond acceptors (Lipinski definition) is 4. The lowest BCUT2D eigenvalue weighted by atomic mass is 10.1. The van der Waals surface area contributed by atoms with Gasteiger partial charge in [-0.05, 0) is 62.3 Å². The molecule has 25 heavy (non-hydrogen) atoms. The second kappa shape index (κ2) is 9.69. The maximum absolute atomic E-state index is 12.2. The minimum atomic E-state index is -0.0347. The standard InChI is InChI=1S/C20H27N3O2/c1-4-21-11-6-12-22-20(24)16-9-10-19(15(2)13-16)23-17-7-5-8-18(14-17)25-3/h5,7-10,13-14,21,23H,4,6,11-12H2,1-3H3,(H,22,24). The van der Waals surface area contributed by atoms with E-state index >= 15 is 0 Å². The molecule has 3 N–H and O–H groups in total. The normalized spacial score (nSPS) is 10.4. The van der Waals surface area contributed by atoms with E-state index < -0.39 is 0 Å². The van der Waals surface area contributed by atoms with Crippen LogP contribution in [0.25, 0.3) is 0 Å². The topological polar surface area (TPSA) is 62.4 Å². The van der Waals surface area contributed by atoms with E-state index in [9.17, 15) is 4.79 Å². The van der Waals surface area contributed by atoms with Crippen molar-refractivity contribution in [1.29, 1.82) is 0 Å². The number of anilines is 2. The van der Waals surface area contributed by atoms with Gasteiger partial charge in [0, 0.05) is 29.5 Å². The van der Waals surface area contributed by atoms with Crippen LogP contribution in [0.1, 0.15) is 29.3 Å². The van der Waals surface area contributed by atoms with Crippen molar-refractivity contribution >= 4 is 17.3 Å². The zero-order valence-corrected chi connectivity index (χ0v) is 15.2. The first kappa shape index (κ1) is 18.8. The summed E-state index contributed by atoms with van der Waals surface area (Å²) in [5, 5.41) is 9.55. The summed E-state index contributed by atoms with van der Waals surface area (Å²) in [6.07, 6.45) is 0.925. The first-order chi connectivity index (χ1) is 12.1. The number of methoxy groups -OCH3 is 1. The molecule has 0 aliphatic rings. The molecule has 0 aliphatic carbocycles. The molecule has 0 fully saturated rings. The molecule has 0 radical (unpaired) electrons. The molecule has 2 rings (SSSR count). The van der Waals surface area contributed by atoms with Crippen LogP contribution >= 0.6 is 0 Å². The van der Waals surface area contributed by atoms with Crippen LogP contribution in [0.2, 0.25) is 0 Å². The molecule has 0 bridgehead atoms. The van der Waals surface area contributed by atoms with Crippen LogP contribution in [0.5, 0.6) is 5.75 Å². The van der Waals surface area contributed by atoms with E-state index in [0.717, 1.165) is 42.2 Å². The lowest BCUT2D eigenvalue weighted by Crippen LogP contribution is -2.27. The largest absolute Gasteiger partial charge is 0.497 e. The van der Waals surface area contributed by atoms with E-state index in [1.807, 2.05) is 49.4 Å². The summed E-state index contributed by atoms with van der Waals surface area (Å²) in [5.74, 6) is 0.767. The molecular formula is C20H27N3O2. The molecule has 2 aromatic carbocycles. The number of rotatable bonds is 9. The summed E-state index contributed by atoms with van der Waals surface area (Å²) in [6, 6.07) is 13.4. The van der Waals surface area contributed by atoms with Crippen molar-refractivity contribution in [2.45, 2.75) is 20.3 Å². The number of aryl methyl sites for hydroxylation is 1. The summed E-state index contributed by atoms with van der Waals surface area (Å²) in [5.41, 5.74) is 3.61. The maximum atomic E-state index is 12.2. The fourth-order valence-corrected chi connectivity index (χ4v) is 2.50. The summed E-state index contributed by atoms with van der Waals surface area (Å²) in [6.45, 7) is 6.61. The molecule has 5 heteroatoms. The molecule has 0 unspecified atom stereocenters. The Hall–Kier alpha value is -2.53. The number of amides is 1. The van der Waals surface area contributed by atoms with Gasteiger partial charge in [-0.15, -0.1) is 0 Å². The van der Waals surface area contributed by atoms with Gasteiger partial charge in [0.2, 0.25) is 0 Å². The highest BCUT2D eigenvalue weighted by Crippen LogP contribution is 2.24. The van der Waals surface area contributed by atoms with Crippen LogP contribution in [-0.2, 0) is 0 Å². The highest BCUT2D eigenvalue weighted by atomic mass is 16.5. The molecule has 1 amide bonds. The molecule has 134 valence electrons. The molecule has 5 nitrogen and oxygen atoms in total. The van der Waals surface area contributed by atoms with E-state index in [-0.39, 0.29) is 5.91 Å². The van der Waals surface area contributed by atoms with E-state index in [1.54, 1.807) is 7.11 Å². The van der Waals surface area contributed by atoms with Gasteiger partial charge in [0.15, 0.2) is 0 Å². The molecule has 0 saturated carbocycles. The lowest BCUT2D eigenvalue weighted by Gasteiger charge is -2.12. The highest BCUT2D eigenvalue weighted by Gasteiger charge is 2.08. The van der Waals surface area contributed by atoms with Gasteiger partial charge in [0.05, 0.1) is 7.11 Å². The molecule has 0 atom stereocenters. The van der Waals surface area contributed by atoms with Gasteiger partial charge >= 0.3 is 0 Å². The third-order valence-corrected chi connectivity index (χ3v) is 3.90. The number of hydrogen-bond donors (Lipinski definition) is 3. The summed E-state index contributed by atoms with van der Waals surface area (Å²) in [4.78, 5) is 12.2. The van der Waals surface area contributed by atoms with Crippen molar-refractivity contribution in [2.24, 2.45) is 0 Å². The summed E-state index contributed by atoms with van der Waals surface area (Å²) in [7, 11) is 1.65. The van der Waals surface area contributed by atoms with Crippen LogP contribution < -0.4 is 20.7 Å². The van der Waals surface area contributed by atoms with Gasteiger partial charge < -0.3 is 20.7 Å². The van der Waals surface area contributed by atoms with E-state index in [1.165, 1.54) is 0 Å². The second-order valence-electron chi connectivity index (χ2n) is 5.85. The third kappa shape index (κ3) is 5.80. The molecule has 0 aliphatic heterocycles. The first-order valence-corrected chi connectivity index (χ1v) is 8.64. The van der Waals surface area contributed by atoms with Gasteiger partial charge in [-0.2, -0.15) is 0 Å². The Labute approximate surface area is 149 Å².